The van der Waals surface area contributed by atoms with Gasteiger partial charge in [-0.25, -0.2) is 0 Å². The summed E-state index contributed by atoms with van der Waals surface area (Å²) >= 11 is 4.03. The van der Waals surface area contributed by atoms with Crippen LogP contribution in [0, 0.1) is 5.41 Å². The molecule has 2 fully saturated rings. The van der Waals surface area contributed by atoms with Crippen LogP contribution in [0.15, 0.2) is 24.3 Å². The number of carbonyl (C=O) groups excluding carboxylic acids is 1. The van der Waals surface area contributed by atoms with Crippen LogP contribution in [0.2, 0.25) is 0 Å². The maximum Gasteiger partial charge on any atom is 0.257 e. The van der Waals surface area contributed by atoms with E-state index in [-0.39, 0.29) is 17.9 Å². The molecule has 2 aliphatic rings. The normalized spacial score (nSPS) is 20.8. The summed E-state index contributed by atoms with van der Waals surface area (Å²) in [7, 11) is 0. The van der Waals surface area contributed by atoms with Gasteiger partial charge < -0.3 is 15.4 Å². The Kier molecular flexibility index (Phi) is 6.96. The minimum Gasteiger partial charge on any atom is -0.484 e. The number of carbonyl (C=O) groups is 1. The summed E-state index contributed by atoms with van der Waals surface area (Å²) in [5, 5.41) is 6.39. The fraction of sp³-hybridized carbons (Fsp3) is 0.632. The number of nitrogens with one attached hydrogen (secondary N) is 2. The van der Waals surface area contributed by atoms with Crippen molar-refractivity contribution in [2.75, 3.05) is 37.7 Å². The Hall–Kier alpha value is -0.850. The third kappa shape index (κ3) is 5.83. The summed E-state index contributed by atoms with van der Waals surface area (Å²) in [6.45, 7) is 5.13. The van der Waals surface area contributed by atoms with E-state index in [9.17, 15) is 4.79 Å². The lowest BCUT2D eigenvalue weighted by Crippen LogP contribution is -2.43. The first-order valence-electron chi connectivity index (χ1n) is 9.08. The third-order valence-corrected chi connectivity index (χ3v) is 7.89. The number of rotatable bonds is 6. The first-order valence-corrected chi connectivity index (χ1v) is 11.2. The van der Waals surface area contributed by atoms with E-state index in [1.165, 1.54) is 23.5 Å². The molecule has 25 heavy (non-hydrogen) atoms. The van der Waals surface area contributed by atoms with E-state index in [0.717, 1.165) is 38.2 Å². The van der Waals surface area contributed by atoms with Crippen LogP contribution in [0.5, 0.6) is 5.75 Å². The van der Waals surface area contributed by atoms with Gasteiger partial charge >= 0.3 is 0 Å². The molecular weight excluding hydrogens is 352 g/mol. The Labute approximate surface area is 159 Å². The molecule has 1 aromatic rings. The minimum absolute atomic E-state index is 0.0396. The summed E-state index contributed by atoms with van der Waals surface area (Å²) in [4.78, 5) is 12.1. The zero-order valence-electron chi connectivity index (χ0n) is 14.9. The quantitative estimate of drug-likeness (QED) is 0.792. The Balaban J connectivity index is 1.41. The highest BCUT2D eigenvalue weighted by Gasteiger charge is 2.27. The molecule has 0 radical (unpaired) electrons. The van der Waals surface area contributed by atoms with Gasteiger partial charge in [-0.3, -0.25) is 4.79 Å². The van der Waals surface area contributed by atoms with Crippen molar-refractivity contribution in [3.05, 3.63) is 29.8 Å². The fourth-order valence-electron chi connectivity index (χ4n) is 3.12. The van der Waals surface area contributed by atoms with Crippen LogP contribution in [0.1, 0.15) is 36.3 Å². The second-order valence-corrected chi connectivity index (χ2v) is 9.85. The van der Waals surface area contributed by atoms with Crippen LogP contribution in [0.4, 0.5) is 0 Å². The molecule has 2 N–H and O–H groups in total. The van der Waals surface area contributed by atoms with Gasteiger partial charge in [-0.1, -0.05) is 19.1 Å². The van der Waals surface area contributed by atoms with Crippen molar-refractivity contribution >= 4 is 29.4 Å². The molecule has 1 amide bonds. The van der Waals surface area contributed by atoms with Crippen LogP contribution in [-0.4, -0.2) is 43.7 Å². The number of hydrogen-bond acceptors (Lipinski definition) is 5. The van der Waals surface area contributed by atoms with Gasteiger partial charge in [-0.2, -0.15) is 0 Å². The molecule has 0 saturated carbocycles. The van der Waals surface area contributed by atoms with Gasteiger partial charge in [0.25, 0.3) is 5.91 Å². The Morgan fingerprint density at radius 2 is 1.92 bits per heavy atom. The largest absolute Gasteiger partial charge is 0.484 e. The van der Waals surface area contributed by atoms with E-state index in [4.69, 9.17) is 4.74 Å². The zero-order chi connectivity index (χ0) is 17.5. The molecule has 4 nitrogen and oxygen atoms in total. The van der Waals surface area contributed by atoms with E-state index in [1.807, 2.05) is 35.7 Å². The van der Waals surface area contributed by atoms with Crippen molar-refractivity contribution in [1.82, 2.24) is 10.6 Å². The van der Waals surface area contributed by atoms with E-state index in [2.05, 4.69) is 29.7 Å². The van der Waals surface area contributed by atoms with Crippen molar-refractivity contribution in [2.45, 2.75) is 30.8 Å². The highest BCUT2D eigenvalue weighted by Crippen LogP contribution is 2.43. The molecule has 0 unspecified atom stereocenters. The van der Waals surface area contributed by atoms with Crippen LogP contribution in [0.25, 0.3) is 0 Å². The van der Waals surface area contributed by atoms with Crippen molar-refractivity contribution in [2.24, 2.45) is 5.41 Å². The molecule has 0 bridgehead atoms. The smallest absolute Gasteiger partial charge is 0.257 e. The molecule has 0 aromatic heterocycles. The number of amides is 1. The minimum atomic E-state index is -0.0396. The molecular formula is C19H28N2O2S2. The summed E-state index contributed by atoms with van der Waals surface area (Å²) in [6.07, 6.45) is 3.51. The van der Waals surface area contributed by atoms with Gasteiger partial charge in [0.05, 0.1) is 4.58 Å². The van der Waals surface area contributed by atoms with Gasteiger partial charge in [0.1, 0.15) is 5.75 Å². The molecule has 2 aliphatic heterocycles. The lowest BCUT2D eigenvalue weighted by atomic mass is 9.81. The SMILES string of the molecule is CC1(CNC(=O)COc2ccc(C3SCCCS3)cc2)CCNCC1. The average Bonchev–Trinajstić information content (AvgIpc) is 2.66. The number of benzene rings is 1. The van der Waals surface area contributed by atoms with Crippen molar-refractivity contribution in [1.29, 1.82) is 0 Å². The lowest BCUT2D eigenvalue weighted by Gasteiger charge is -2.34. The Morgan fingerprint density at radius 3 is 2.60 bits per heavy atom. The standard InChI is InChI=1S/C19H28N2O2S2/c1-19(7-9-20-10-8-19)14-21-17(22)13-23-16-5-3-15(4-6-16)18-24-11-2-12-25-18/h3-6,18,20H,2,7-14H2,1H3,(H,21,22). The van der Waals surface area contributed by atoms with Crippen LogP contribution >= 0.6 is 23.5 Å². The maximum absolute atomic E-state index is 12.1. The third-order valence-electron chi connectivity index (χ3n) is 4.87. The average molecular weight is 381 g/mol. The Morgan fingerprint density at radius 1 is 1.24 bits per heavy atom. The summed E-state index contributed by atoms with van der Waals surface area (Å²) in [6, 6.07) is 8.21. The van der Waals surface area contributed by atoms with Crippen LogP contribution in [-0.2, 0) is 4.79 Å². The van der Waals surface area contributed by atoms with Crippen molar-refractivity contribution in [3.63, 3.8) is 0 Å². The molecule has 3 rings (SSSR count). The summed E-state index contributed by atoms with van der Waals surface area (Å²) in [5.74, 6) is 3.20. The zero-order valence-corrected chi connectivity index (χ0v) is 16.5. The van der Waals surface area contributed by atoms with Gasteiger partial charge in [0.15, 0.2) is 6.61 Å². The molecule has 2 saturated heterocycles. The maximum atomic E-state index is 12.1. The number of hydrogen-bond donors (Lipinski definition) is 2. The van der Waals surface area contributed by atoms with E-state index in [0.29, 0.717) is 4.58 Å². The molecule has 6 heteroatoms. The van der Waals surface area contributed by atoms with Gasteiger partial charge in [0.2, 0.25) is 0 Å². The predicted molar refractivity (Wildman–Crippen MR) is 107 cm³/mol. The topological polar surface area (TPSA) is 50.4 Å². The van der Waals surface area contributed by atoms with Gasteiger partial charge in [-0.15, -0.1) is 23.5 Å². The van der Waals surface area contributed by atoms with Crippen molar-refractivity contribution < 1.29 is 9.53 Å². The number of ether oxygens (including phenoxy) is 1. The van der Waals surface area contributed by atoms with E-state index < -0.39 is 0 Å². The lowest BCUT2D eigenvalue weighted by molar-refractivity contribution is -0.123. The second kappa shape index (κ2) is 9.19. The molecule has 1 aromatic carbocycles. The highest BCUT2D eigenvalue weighted by molar-refractivity contribution is 8.16. The predicted octanol–water partition coefficient (Wildman–Crippen LogP) is 3.44. The second-order valence-electron chi connectivity index (χ2n) is 7.12. The van der Waals surface area contributed by atoms with Crippen molar-refractivity contribution in [3.8, 4) is 5.75 Å². The first kappa shape index (κ1) is 18.9. The summed E-state index contributed by atoms with van der Waals surface area (Å²) < 4.78 is 6.18. The Bertz CT molecular complexity index is 553. The molecule has 138 valence electrons. The molecule has 0 aliphatic carbocycles. The fourth-order valence-corrected chi connectivity index (χ4v) is 6.01. The monoisotopic (exact) mass is 380 g/mol. The molecule has 0 spiro atoms. The number of thioether (sulfide) groups is 2. The summed E-state index contributed by atoms with van der Waals surface area (Å²) in [5.41, 5.74) is 1.54. The molecule has 2 heterocycles. The van der Waals surface area contributed by atoms with Gasteiger partial charge in [-0.05, 0) is 67.0 Å². The number of piperidine rings is 1. The van der Waals surface area contributed by atoms with Gasteiger partial charge in [0, 0.05) is 6.54 Å². The van der Waals surface area contributed by atoms with Crippen LogP contribution in [0.3, 0.4) is 0 Å². The highest BCUT2D eigenvalue weighted by atomic mass is 32.2. The first-order chi connectivity index (χ1) is 12.1. The van der Waals surface area contributed by atoms with E-state index in [1.54, 1.807) is 0 Å². The van der Waals surface area contributed by atoms with E-state index >= 15 is 0 Å². The molecule has 0 atom stereocenters. The van der Waals surface area contributed by atoms with Crippen LogP contribution < -0.4 is 15.4 Å².